The summed E-state index contributed by atoms with van der Waals surface area (Å²) < 4.78 is 5.10. The van der Waals surface area contributed by atoms with E-state index in [2.05, 4.69) is 29.1 Å². The summed E-state index contributed by atoms with van der Waals surface area (Å²) in [7, 11) is 1.59. The Kier molecular flexibility index (Phi) is 5.31. The van der Waals surface area contributed by atoms with Gasteiger partial charge in [0.05, 0.1) is 0 Å². The first kappa shape index (κ1) is 13.9. The third-order valence-electron chi connectivity index (χ3n) is 2.50. The lowest BCUT2D eigenvalue weighted by Gasteiger charge is -2.10. The molecule has 0 saturated carbocycles. The van der Waals surface area contributed by atoms with Crippen molar-refractivity contribution in [2.24, 2.45) is 5.92 Å². The third-order valence-corrected chi connectivity index (χ3v) is 2.50. The number of aromatic nitrogens is 2. The molecule has 1 atom stereocenters. The van der Waals surface area contributed by atoms with Crippen molar-refractivity contribution < 1.29 is 4.74 Å². The number of nitrogens with zero attached hydrogens (tertiary/aromatic N) is 1. The summed E-state index contributed by atoms with van der Waals surface area (Å²) in [6, 6.07) is 0. The second-order valence-electron chi connectivity index (χ2n) is 4.53. The minimum Gasteiger partial charge on any atom is -0.374 e. The van der Waals surface area contributed by atoms with Gasteiger partial charge in [0.1, 0.15) is 11.9 Å². The van der Waals surface area contributed by atoms with Crippen molar-refractivity contribution in [3.63, 3.8) is 0 Å². The van der Waals surface area contributed by atoms with Crippen LogP contribution < -0.4 is 10.9 Å². The molecule has 2 N–H and O–H groups in total. The van der Waals surface area contributed by atoms with Gasteiger partial charge >= 0.3 is 0 Å². The Labute approximate surface area is 102 Å². The molecule has 0 spiro atoms. The number of aromatic amines is 1. The molecule has 1 rings (SSSR count). The van der Waals surface area contributed by atoms with E-state index in [1.807, 2.05) is 6.92 Å². The van der Waals surface area contributed by atoms with Crippen molar-refractivity contribution in [1.29, 1.82) is 0 Å². The second-order valence-corrected chi connectivity index (χ2v) is 4.53. The Morgan fingerprint density at radius 1 is 1.47 bits per heavy atom. The largest absolute Gasteiger partial charge is 0.374 e. The van der Waals surface area contributed by atoms with E-state index in [1.54, 1.807) is 13.3 Å². The number of nitrogens with one attached hydrogen (secondary N) is 2. The van der Waals surface area contributed by atoms with Gasteiger partial charge in [0, 0.05) is 25.4 Å². The van der Waals surface area contributed by atoms with Crippen LogP contribution in [0, 0.1) is 5.92 Å². The zero-order valence-corrected chi connectivity index (χ0v) is 10.9. The van der Waals surface area contributed by atoms with E-state index in [1.165, 1.54) is 0 Å². The van der Waals surface area contributed by atoms with Gasteiger partial charge in [0.25, 0.3) is 5.56 Å². The molecule has 0 aliphatic heterocycles. The van der Waals surface area contributed by atoms with Crippen LogP contribution in [0.4, 0.5) is 0 Å². The van der Waals surface area contributed by atoms with Gasteiger partial charge in [-0.15, -0.1) is 0 Å². The quantitative estimate of drug-likeness (QED) is 0.783. The van der Waals surface area contributed by atoms with Crippen molar-refractivity contribution in [3.8, 4) is 0 Å². The number of rotatable bonds is 6. The van der Waals surface area contributed by atoms with Crippen LogP contribution >= 0.6 is 0 Å². The lowest BCUT2D eigenvalue weighted by molar-refractivity contribution is 0.111. The number of hydrogen-bond donors (Lipinski definition) is 2. The maximum atomic E-state index is 11.7. The summed E-state index contributed by atoms with van der Waals surface area (Å²) in [5.41, 5.74) is 0.549. The van der Waals surface area contributed by atoms with E-state index in [-0.39, 0.29) is 11.7 Å². The molecule has 0 aromatic carbocycles. The highest BCUT2D eigenvalue weighted by atomic mass is 16.5. The van der Waals surface area contributed by atoms with Crippen LogP contribution in [0.1, 0.15) is 38.3 Å². The van der Waals surface area contributed by atoms with Crippen LogP contribution in [-0.2, 0) is 11.3 Å². The first-order valence-corrected chi connectivity index (χ1v) is 5.86. The molecular formula is C12H21N3O2. The molecule has 0 aliphatic rings. The van der Waals surface area contributed by atoms with Crippen LogP contribution in [0.15, 0.2) is 11.0 Å². The summed E-state index contributed by atoms with van der Waals surface area (Å²) in [4.78, 5) is 18.7. The number of ether oxygens (including phenoxy) is 1. The van der Waals surface area contributed by atoms with Crippen LogP contribution in [0.25, 0.3) is 0 Å². The van der Waals surface area contributed by atoms with Crippen molar-refractivity contribution in [2.75, 3.05) is 13.7 Å². The summed E-state index contributed by atoms with van der Waals surface area (Å²) >= 11 is 0. The minimum absolute atomic E-state index is 0.102. The van der Waals surface area contributed by atoms with Crippen LogP contribution in [0.5, 0.6) is 0 Å². The van der Waals surface area contributed by atoms with Crippen molar-refractivity contribution >= 4 is 0 Å². The maximum absolute atomic E-state index is 11.7. The Bertz CT molecular complexity index is 401. The van der Waals surface area contributed by atoms with Gasteiger partial charge in [-0.1, -0.05) is 13.8 Å². The van der Waals surface area contributed by atoms with E-state index >= 15 is 0 Å². The molecule has 1 aromatic rings. The fourth-order valence-electron chi connectivity index (χ4n) is 1.37. The summed E-state index contributed by atoms with van der Waals surface area (Å²) in [6.45, 7) is 7.52. The molecule has 0 bridgehead atoms. The molecule has 1 unspecified atom stereocenters. The highest BCUT2D eigenvalue weighted by Crippen LogP contribution is 2.07. The van der Waals surface area contributed by atoms with E-state index in [0.29, 0.717) is 23.9 Å². The van der Waals surface area contributed by atoms with E-state index in [9.17, 15) is 4.79 Å². The molecule has 0 saturated heterocycles. The van der Waals surface area contributed by atoms with E-state index in [0.717, 1.165) is 6.54 Å². The zero-order chi connectivity index (χ0) is 12.8. The normalized spacial score (nSPS) is 13.0. The smallest absolute Gasteiger partial charge is 0.255 e. The van der Waals surface area contributed by atoms with Gasteiger partial charge in [-0.25, -0.2) is 4.98 Å². The summed E-state index contributed by atoms with van der Waals surface area (Å²) in [5.74, 6) is 1.12. The van der Waals surface area contributed by atoms with Crippen molar-refractivity contribution in [1.82, 2.24) is 15.3 Å². The van der Waals surface area contributed by atoms with Crippen LogP contribution in [-0.4, -0.2) is 23.6 Å². The molecule has 0 radical (unpaired) electrons. The van der Waals surface area contributed by atoms with Gasteiger partial charge in [-0.3, -0.25) is 4.79 Å². The number of hydrogen-bond acceptors (Lipinski definition) is 4. The molecule has 5 nitrogen and oxygen atoms in total. The molecule has 0 amide bonds. The molecule has 96 valence electrons. The average Bonchev–Trinajstić information content (AvgIpc) is 2.29. The molecule has 1 heterocycles. The van der Waals surface area contributed by atoms with Crippen LogP contribution in [0.2, 0.25) is 0 Å². The second kappa shape index (κ2) is 6.51. The lowest BCUT2D eigenvalue weighted by Crippen LogP contribution is -2.25. The zero-order valence-electron chi connectivity index (χ0n) is 10.9. The first-order chi connectivity index (χ1) is 8.04. The fourth-order valence-corrected chi connectivity index (χ4v) is 1.37. The van der Waals surface area contributed by atoms with Gasteiger partial charge in [0.15, 0.2) is 0 Å². The number of H-pyrrole nitrogens is 1. The molecule has 1 aromatic heterocycles. The molecule has 17 heavy (non-hydrogen) atoms. The predicted octanol–water partition coefficient (Wildman–Crippen LogP) is 1.22. The Morgan fingerprint density at radius 3 is 2.71 bits per heavy atom. The van der Waals surface area contributed by atoms with Gasteiger partial charge in [0.2, 0.25) is 0 Å². The number of methoxy groups -OCH3 is 1. The minimum atomic E-state index is -0.194. The van der Waals surface area contributed by atoms with Crippen molar-refractivity contribution in [2.45, 2.75) is 33.4 Å². The Hall–Kier alpha value is -1.20. The Balaban J connectivity index is 2.67. The van der Waals surface area contributed by atoms with Gasteiger partial charge in [-0.05, 0) is 19.4 Å². The maximum Gasteiger partial charge on any atom is 0.255 e. The molecule has 0 fully saturated rings. The van der Waals surface area contributed by atoms with Gasteiger partial charge < -0.3 is 15.0 Å². The standard InChI is InChI=1S/C12H21N3O2/c1-8(2)5-13-6-10-7-14-11(9(3)17-4)15-12(10)16/h7-9,13H,5-6H2,1-4H3,(H,14,15,16). The summed E-state index contributed by atoms with van der Waals surface area (Å²) in [5, 5.41) is 3.21. The lowest BCUT2D eigenvalue weighted by atomic mass is 10.2. The summed E-state index contributed by atoms with van der Waals surface area (Å²) in [6.07, 6.45) is 1.41. The van der Waals surface area contributed by atoms with E-state index < -0.39 is 0 Å². The van der Waals surface area contributed by atoms with Crippen molar-refractivity contribution in [3.05, 3.63) is 27.9 Å². The van der Waals surface area contributed by atoms with Crippen LogP contribution in [0.3, 0.4) is 0 Å². The molecular weight excluding hydrogens is 218 g/mol. The third kappa shape index (κ3) is 4.28. The monoisotopic (exact) mass is 239 g/mol. The SMILES string of the molecule is COC(C)c1ncc(CNCC(C)C)c(=O)[nH]1. The predicted molar refractivity (Wildman–Crippen MR) is 66.8 cm³/mol. The van der Waals surface area contributed by atoms with E-state index in [4.69, 9.17) is 4.74 Å². The Morgan fingerprint density at radius 2 is 2.18 bits per heavy atom. The molecule has 0 aliphatic carbocycles. The van der Waals surface area contributed by atoms with Gasteiger partial charge in [-0.2, -0.15) is 0 Å². The highest BCUT2D eigenvalue weighted by molar-refractivity contribution is 5.06. The average molecular weight is 239 g/mol. The highest BCUT2D eigenvalue weighted by Gasteiger charge is 2.08. The topological polar surface area (TPSA) is 67.0 Å². The first-order valence-electron chi connectivity index (χ1n) is 5.86. The molecule has 5 heteroatoms. The fraction of sp³-hybridized carbons (Fsp3) is 0.667.